The third kappa shape index (κ3) is 3.39. The van der Waals surface area contributed by atoms with Crippen LogP contribution in [0.5, 0.6) is 0 Å². The van der Waals surface area contributed by atoms with Crippen molar-refractivity contribution in [1.82, 2.24) is 0 Å². The fourth-order valence-corrected chi connectivity index (χ4v) is 8.54. The van der Waals surface area contributed by atoms with Gasteiger partial charge in [-0.1, -0.05) is 45.1 Å². The number of carbonyl (C=O) groups excluding carboxylic acids is 2. The number of carbonyl (C=O) groups is 2. The summed E-state index contributed by atoms with van der Waals surface area (Å²) >= 11 is 0. The smallest absolute Gasteiger partial charge is 0.306 e. The van der Waals surface area contributed by atoms with Crippen LogP contribution in [0.1, 0.15) is 104 Å². The van der Waals surface area contributed by atoms with Gasteiger partial charge in [0, 0.05) is 18.3 Å². The van der Waals surface area contributed by atoms with Crippen LogP contribution in [0.4, 0.5) is 0 Å². The summed E-state index contributed by atoms with van der Waals surface area (Å²) in [6, 6.07) is 0. The average Bonchev–Trinajstić information content (AvgIpc) is 3.35. The highest BCUT2D eigenvalue weighted by molar-refractivity contribution is 5.91. The van der Waals surface area contributed by atoms with Crippen molar-refractivity contribution in [2.45, 2.75) is 110 Å². The van der Waals surface area contributed by atoms with Crippen LogP contribution in [0.3, 0.4) is 0 Å². The van der Waals surface area contributed by atoms with E-state index < -0.39 is 0 Å². The first kappa shape index (κ1) is 20.8. The molecule has 0 spiro atoms. The fraction of sp³-hybridized carbons (Fsp3) is 0.852. The summed E-state index contributed by atoms with van der Waals surface area (Å²) in [4.78, 5) is 24.7. The van der Waals surface area contributed by atoms with Crippen molar-refractivity contribution >= 4 is 11.8 Å². The highest BCUT2D eigenvalue weighted by Crippen LogP contribution is 2.65. The molecular weight excluding hydrogens is 372 g/mol. The topological polar surface area (TPSA) is 43.4 Å². The first-order chi connectivity index (χ1) is 14.4. The largest absolute Gasteiger partial charge is 0.462 e. The molecule has 3 heteroatoms. The summed E-state index contributed by atoms with van der Waals surface area (Å²) in [6.07, 6.45) is 17.8. The molecule has 5 aliphatic carbocycles. The Morgan fingerprint density at radius 3 is 2.60 bits per heavy atom. The van der Waals surface area contributed by atoms with Gasteiger partial charge in [0.15, 0.2) is 5.78 Å². The molecule has 0 amide bonds. The molecule has 0 aromatic heterocycles. The Bertz CT molecular complexity index is 732. The van der Waals surface area contributed by atoms with Crippen molar-refractivity contribution in [2.24, 2.45) is 34.5 Å². The molecule has 0 heterocycles. The molecule has 5 aliphatic rings. The van der Waals surface area contributed by atoms with Gasteiger partial charge in [-0.3, -0.25) is 9.59 Å². The third-order valence-electron chi connectivity index (χ3n) is 10.4. The molecule has 0 aromatic rings. The molecule has 0 aromatic carbocycles. The van der Waals surface area contributed by atoms with Gasteiger partial charge in [0.2, 0.25) is 0 Å². The predicted molar refractivity (Wildman–Crippen MR) is 118 cm³/mol. The Hall–Kier alpha value is -1.12. The van der Waals surface area contributed by atoms with Crippen LogP contribution in [0.25, 0.3) is 0 Å². The molecule has 0 saturated heterocycles. The molecule has 3 unspecified atom stereocenters. The Balaban J connectivity index is 1.25. The molecule has 166 valence electrons. The van der Waals surface area contributed by atoms with Crippen molar-refractivity contribution in [3.8, 4) is 0 Å². The molecule has 6 atom stereocenters. The van der Waals surface area contributed by atoms with Crippen LogP contribution in [0, 0.1) is 34.5 Å². The molecular formula is C27H40O3. The second-order valence-electron chi connectivity index (χ2n) is 11.8. The van der Waals surface area contributed by atoms with Gasteiger partial charge in [-0.2, -0.15) is 0 Å². The number of esters is 1. The van der Waals surface area contributed by atoms with E-state index in [1.807, 2.05) is 6.08 Å². The quantitative estimate of drug-likeness (QED) is 0.502. The van der Waals surface area contributed by atoms with Crippen molar-refractivity contribution in [3.05, 3.63) is 11.6 Å². The first-order valence-corrected chi connectivity index (χ1v) is 12.8. The fourth-order valence-electron chi connectivity index (χ4n) is 8.54. The van der Waals surface area contributed by atoms with Crippen LogP contribution >= 0.6 is 0 Å². The summed E-state index contributed by atoms with van der Waals surface area (Å²) in [5, 5.41) is 0. The summed E-state index contributed by atoms with van der Waals surface area (Å²) in [5.41, 5.74) is 1.83. The van der Waals surface area contributed by atoms with Crippen LogP contribution in [-0.4, -0.2) is 17.9 Å². The van der Waals surface area contributed by atoms with Crippen LogP contribution < -0.4 is 0 Å². The van der Waals surface area contributed by atoms with Crippen LogP contribution in [0.2, 0.25) is 0 Å². The Kier molecular flexibility index (Phi) is 5.39. The lowest BCUT2D eigenvalue weighted by molar-refractivity contribution is -0.160. The van der Waals surface area contributed by atoms with Gasteiger partial charge in [0.1, 0.15) is 6.10 Å². The average molecular weight is 413 g/mol. The lowest BCUT2D eigenvalue weighted by atomic mass is 9.47. The van der Waals surface area contributed by atoms with E-state index in [9.17, 15) is 9.59 Å². The minimum absolute atomic E-state index is 0.0579. The molecule has 4 saturated carbocycles. The van der Waals surface area contributed by atoms with E-state index in [-0.39, 0.29) is 22.9 Å². The minimum Gasteiger partial charge on any atom is -0.462 e. The lowest BCUT2D eigenvalue weighted by Gasteiger charge is -2.57. The van der Waals surface area contributed by atoms with Crippen LogP contribution in [0.15, 0.2) is 11.6 Å². The minimum atomic E-state index is 0.0579. The number of ketones is 1. The van der Waals surface area contributed by atoms with E-state index in [4.69, 9.17) is 4.74 Å². The van der Waals surface area contributed by atoms with Gasteiger partial charge >= 0.3 is 5.97 Å². The number of rotatable bonds is 4. The number of allylic oxidation sites excluding steroid dienone is 1. The Morgan fingerprint density at radius 1 is 1.00 bits per heavy atom. The molecule has 30 heavy (non-hydrogen) atoms. The van der Waals surface area contributed by atoms with Crippen molar-refractivity contribution in [2.75, 3.05) is 0 Å². The van der Waals surface area contributed by atoms with Gasteiger partial charge in [-0.05, 0) is 86.5 Å². The monoisotopic (exact) mass is 412 g/mol. The van der Waals surface area contributed by atoms with Crippen LogP contribution in [-0.2, 0) is 14.3 Å². The zero-order valence-electron chi connectivity index (χ0n) is 19.1. The predicted octanol–water partition coefficient (Wildman–Crippen LogP) is 6.40. The number of hydrogen-bond donors (Lipinski definition) is 0. The molecule has 3 nitrogen and oxygen atoms in total. The summed E-state index contributed by atoms with van der Waals surface area (Å²) in [5.74, 6) is 3.28. The van der Waals surface area contributed by atoms with E-state index in [0.717, 1.165) is 43.9 Å². The molecule has 4 fully saturated rings. The molecule has 0 aliphatic heterocycles. The van der Waals surface area contributed by atoms with Crippen molar-refractivity contribution in [3.63, 3.8) is 0 Å². The third-order valence-corrected chi connectivity index (χ3v) is 10.4. The lowest BCUT2D eigenvalue weighted by Crippen LogP contribution is -2.51. The second kappa shape index (κ2) is 7.78. The molecule has 0 bridgehead atoms. The van der Waals surface area contributed by atoms with E-state index >= 15 is 0 Å². The zero-order chi connectivity index (χ0) is 20.9. The highest BCUT2D eigenvalue weighted by Gasteiger charge is 2.59. The SMILES string of the molecule is C[C@]12CCC(=O)C=C1CCC1C2CC[C@@]2(C)C1CC[C@@H]2OC(=O)CCC1CCCC1. The second-order valence-corrected chi connectivity index (χ2v) is 11.8. The number of ether oxygens (including phenoxy) is 1. The maximum absolute atomic E-state index is 12.7. The van der Waals surface area contributed by atoms with Gasteiger partial charge in [0.05, 0.1) is 0 Å². The van der Waals surface area contributed by atoms with Gasteiger partial charge in [0.25, 0.3) is 0 Å². The van der Waals surface area contributed by atoms with E-state index in [1.54, 1.807) is 0 Å². The van der Waals surface area contributed by atoms with E-state index in [2.05, 4.69) is 13.8 Å². The van der Waals surface area contributed by atoms with Gasteiger partial charge in [-0.15, -0.1) is 0 Å². The normalized spacial score (nSPS) is 43.5. The molecule has 0 radical (unpaired) electrons. The number of hydrogen-bond acceptors (Lipinski definition) is 3. The highest BCUT2D eigenvalue weighted by atomic mass is 16.5. The molecule has 0 N–H and O–H groups in total. The zero-order valence-corrected chi connectivity index (χ0v) is 19.1. The summed E-state index contributed by atoms with van der Waals surface area (Å²) in [7, 11) is 0. The molecule has 5 rings (SSSR count). The Morgan fingerprint density at radius 2 is 1.80 bits per heavy atom. The summed E-state index contributed by atoms with van der Waals surface area (Å²) in [6.45, 7) is 4.87. The first-order valence-electron chi connectivity index (χ1n) is 12.8. The maximum Gasteiger partial charge on any atom is 0.306 e. The van der Waals surface area contributed by atoms with E-state index in [0.29, 0.717) is 24.0 Å². The van der Waals surface area contributed by atoms with Crippen molar-refractivity contribution in [1.29, 1.82) is 0 Å². The van der Waals surface area contributed by atoms with E-state index in [1.165, 1.54) is 56.9 Å². The standard InChI is InChI=1S/C27H40O3/c1-26-15-13-20(28)17-19(26)8-9-21-22-10-11-24(27(22,2)16-14-23(21)26)30-25(29)12-7-18-5-3-4-6-18/h17-18,21-24H,3-16H2,1-2H3/t21?,22?,23?,24-,26-,27-/m0/s1. The van der Waals surface area contributed by atoms with Crippen molar-refractivity contribution < 1.29 is 14.3 Å². The maximum atomic E-state index is 12.7. The van der Waals surface area contributed by atoms with Gasteiger partial charge < -0.3 is 4.74 Å². The Labute approximate surface area is 182 Å². The van der Waals surface area contributed by atoms with Gasteiger partial charge in [-0.25, -0.2) is 0 Å². The number of fused-ring (bicyclic) bond motifs is 5. The summed E-state index contributed by atoms with van der Waals surface area (Å²) < 4.78 is 6.17.